The van der Waals surface area contributed by atoms with E-state index in [1.54, 1.807) is 6.07 Å². The lowest BCUT2D eigenvalue weighted by molar-refractivity contribution is -0.119. The number of aromatic nitrogens is 2. The largest absolute Gasteiger partial charge is 0.494 e. The molecule has 0 radical (unpaired) electrons. The highest BCUT2D eigenvalue weighted by Crippen LogP contribution is 2.20. The zero-order valence-corrected chi connectivity index (χ0v) is 21.9. The van der Waals surface area contributed by atoms with E-state index in [-0.39, 0.29) is 24.0 Å². The molecule has 1 aliphatic heterocycles. The number of halogens is 1. The maximum Gasteiger partial charge on any atom is 0.230 e. The number of carbonyl (C=O) groups excluding carboxylic acids is 2. The fourth-order valence-corrected chi connectivity index (χ4v) is 4.71. The summed E-state index contributed by atoms with van der Waals surface area (Å²) in [5, 5.41) is 23.7. The third-order valence-electron chi connectivity index (χ3n) is 5.85. The summed E-state index contributed by atoms with van der Waals surface area (Å²) < 4.78 is 18.5. The molecule has 11 heteroatoms. The minimum Gasteiger partial charge on any atom is -0.494 e. The summed E-state index contributed by atoms with van der Waals surface area (Å²) in [7, 11) is 1.39. The first-order valence-electron chi connectivity index (χ1n) is 12.4. The molecule has 2 N–H and O–H groups in total. The standard InChI is InChI=1S/C27H29FN6O3S/c1-37-22-15-19(11-13-21(22)28)17-24(35)29-23-14-12-20(31-32-23)9-5-6-10-26-33-34-27(38-26)30-25(36)16-18-7-3-2-4-8-18/h2-4,7-8,11,13,15H,5-6,9-10,12,14,16-17H2,1H3,(H,29,32,35)(H,30,34,36). The maximum atomic E-state index is 13.5. The van der Waals surface area contributed by atoms with Crippen molar-refractivity contribution >= 4 is 39.8 Å². The number of methoxy groups -OCH3 is 1. The number of unbranched alkanes of at least 4 members (excludes halogenated alkanes) is 1. The van der Waals surface area contributed by atoms with E-state index in [0.717, 1.165) is 48.4 Å². The Hall–Kier alpha value is -3.99. The highest BCUT2D eigenvalue weighted by molar-refractivity contribution is 7.15. The van der Waals surface area contributed by atoms with Gasteiger partial charge in [0.15, 0.2) is 11.6 Å². The third kappa shape index (κ3) is 8.27. The van der Waals surface area contributed by atoms with E-state index in [0.29, 0.717) is 29.4 Å². The summed E-state index contributed by atoms with van der Waals surface area (Å²) in [4.78, 5) is 24.5. The van der Waals surface area contributed by atoms with Crippen LogP contribution in [0.4, 0.5) is 9.52 Å². The predicted octanol–water partition coefficient (Wildman–Crippen LogP) is 4.49. The lowest BCUT2D eigenvalue weighted by Crippen LogP contribution is -2.33. The van der Waals surface area contributed by atoms with Crippen molar-refractivity contribution in [2.45, 2.75) is 51.4 Å². The fraction of sp³-hybridized carbons (Fsp3) is 0.333. The number of amides is 2. The van der Waals surface area contributed by atoms with E-state index < -0.39 is 5.82 Å². The first-order valence-corrected chi connectivity index (χ1v) is 13.2. The molecule has 3 aromatic rings. The van der Waals surface area contributed by atoms with Crippen molar-refractivity contribution in [2.75, 3.05) is 12.4 Å². The van der Waals surface area contributed by atoms with Crippen LogP contribution in [0, 0.1) is 5.82 Å². The van der Waals surface area contributed by atoms with Gasteiger partial charge in [0.25, 0.3) is 0 Å². The van der Waals surface area contributed by atoms with E-state index in [1.807, 2.05) is 30.3 Å². The molecular weight excluding hydrogens is 507 g/mol. The topological polar surface area (TPSA) is 118 Å². The van der Waals surface area contributed by atoms with Crippen LogP contribution in [-0.4, -0.2) is 40.7 Å². The van der Waals surface area contributed by atoms with E-state index >= 15 is 0 Å². The minimum absolute atomic E-state index is 0.0935. The van der Waals surface area contributed by atoms with Crippen LogP contribution < -0.4 is 15.4 Å². The molecule has 0 unspecified atom stereocenters. The first kappa shape index (κ1) is 27.1. The molecule has 4 rings (SSSR count). The van der Waals surface area contributed by atoms with Crippen LogP contribution in [0.2, 0.25) is 0 Å². The molecule has 0 fully saturated rings. The molecule has 0 saturated heterocycles. The summed E-state index contributed by atoms with van der Waals surface area (Å²) in [5.41, 5.74) is 2.60. The molecule has 0 atom stereocenters. The van der Waals surface area contributed by atoms with Gasteiger partial charge in [-0.2, -0.15) is 5.10 Å². The van der Waals surface area contributed by atoms with Gasteiger partial charge in [-0.1, -0.05) is 47.7 Å². The van der Waals surface area contributed by atoms with Gasteiger partial charge in [0.2, 0.25) is 16.9 Å². The Morgan fingerprint density at radius 1 is 0.921 bits per heavy atom. The highest BCUT2D eigenvalue weighted by Gasteiger charge is 2.14. The number of rotatable bonds is 11. The van der Waals surface area contributed by atoms with Crippen LogP contribution in [0.15, 0.2) is 58.7 Å². The summed E-state index contributed by atoms with van der Waals surface area (Å²) in [5.74, 6) is -0.170. The highest BCUT2D eigenvalue weighted by atomic mass is 32.1. The lowest BCUT2D eigenvalue weighted by atomic mass is 10.1. The van der Waals surface area contributed by atoms with Crippen LogP contribution >= 0.6 is 11.3 Å². The first-order chi connectivity index (χ1) is 18.5. The van der Waals surface area contributed by atoms with Gasteiger partial charge in [0.05, 0.1) is 20.0 Å². The predicted molar refractivity (Wildman–Crippen MR) is 145 cm³/mol. The van der Waals surface area contributed by atoms with Crippen molar-refractivity contribution in [3.63, 3.8) is 0 Å². The van der Waals surface area contributed by atoms with Crippen LogP contribution in [0.3, 0.4) is 0 Å². The van der Waals surface area contributed by atoms with Gasteiger partial charge < -0.3 is 15.4 Å². The van der Waals surface area contributed by atoms with Crippen molar-refractivity contribution in [1.82, 2.24) is 15.5 Å². The zero-order valence-electron chi connectivity index (χ0n) is 21.1. The molecule has 0 bridgehead atoms. The quantitative estimate of drug-likeness (QED) is 0.350. The number of hydrogen-bond donors (Lipinski definition) is 2. The number of anilines is 1. The maximum absolute atomic E-state index is 13.5. The molecule has 1 aliphatic rings. The van der Waals surface area contributed by atoms with Gasteiger partial charge in [0, 0.05) is 18.6 Å². The molecule has 38 heavy (non-hydrogen) atoms. The van der Waals surface area contributed by atoms with Crippen LogP contribution in [0.5, 0.6) is 5.75 Å². The Morgan fingerprint density at radius 3 is 2.45 bits per heavy atom. The van der Waals surface area contributed by atoms with Gasteiger partial charge in [-0.25, -0.2) is 4.39 Å². The third-order valence-corrected chi connectivity index (χ3v) is 6.75. The number of nitrogens with zero attached hydrogens (tertiary/aromatic N) is 4. The number of hydrogen-bond acceptors (Lipinski definition) is 8. The van der Waals surface area contributed by atoms with Crippen molar-refractivity contribution in [2.24, 2.45) is 10.2 Å². The van der Waals surface area contributed by atoms with Gasteiger partial charge in [-0.05, 0) is 48.9 Å². The Bertz CT molecular complexity index is 1330. The Balaban J connectivity index is 1.15. The van der Waals surface area contributed by atoms with Crippen molar-refractivity contribution in [3.8, 4) is 5.75 Å². The SMILES string of the molecule is COc1cc(CC(=O)NC2=NN=C(CCCCc3nnc(NC(=O)Cc4ccccc4)s3)CC2)ccc1F. The van der Waals surface area contributed by atoms with Crippen molar-refractivity contribution in [3.05, 3.63) is 70.5 Å². The smallest absolute Gasteiger partial charge is 0.230 e. The second-order valence-electron chi connectivity index (χ2n) is 8.83. The number of nitrogens with one attached hydrogen (secondary N) is 2. The van der Waals surface area contributed by atoms with Crippen LogP contribution in [0.25, 0.3) is 0 Å². The molecule has 0 aliphatic carbocycles. The molecule has 2 heterocycles. The average molecular weight is 537 g/mol. The Morgan fingerprint density at radius 2 is 1.68 bits per heavy atom. The molecule has 0 spiro atoms. The summed E-state index contributed by atoms with van der Waals surface area (Å²) in [6.07, 6.45) is 5.18. The fourth-order valence-electron chi connectivity index (χ4n) is 3.92. The van der Waals surface area contributed by atoms with Gasteiger partial charge in [-0.15, -0.1) is 15.3 Å². The molecule has 9 nitrogen and oxygen atoms in total. The molecular formula is C27H29FN6O3S. The Labute approximate surface area is 224 Å². The molecule has 1 aromatic heterocycles. The van der Waals surface area contributed by atoms with Gasteiger partial charge in [0.1, 0.15) is 10.8 Å². The molecule has 198 valence electrons. The molecule has 2 amide bonds. The lowest BCUT2D eigenvalue weighted by Gasteiger charge is -2.13. The number of benzene rings is 2. The van der Waals surface area contributed by atoms with E-state index in [9.17, 15) is 14.0 Å². The Kier molecular flexibility index (Phi) is 9.63. The van der Waals surface area contributed by atoms with Crippen molar-refractivity contribution in [1.29, 1.82) is 0 Å². The van der Waals surface area contributed by atoms with E-state index in [4.69, 9.17) is 4.74 Å². The average Bonchev–Trinajstić information content (AvgIpc) is 3.36. The van der Waals surface area contributed by atoms with Gasteiger partial charge >= 0.3 is 0 Å². The molecule has 2 aromatic carbocycles. The normalized spacial score (nSPS) is 12.9. The summed E-state index contributed by atoms with van der Waals surface area (Å²) >= 11 is 1.39. The van der Waals surface area contributed by atoms with Crippen LogP contribution in [-0.2, 0) is 28.9 Å². The van der Waals surface area contributed by atoms with E-state index in [1.165, 1.54) is 30.6 Å². The van der Waals surface area contributed by atoms with Crippen molar-refractivity contribution < 1.29 is 18.7 Å². The summed E-state index contributed by atoms with van der Waals surface area (Å²) in [6, 6.07) is 13.9. The second-order valence-corrected chi connectivity index (χ2v) is 9.89. The number of ether oxygens (including phenoxy) is 1. The molecule has 0 saturated carbocycles. The van der Waals surface area contributed by atoms with E-state index in [2.05, 4.69) is 31.0 Å². The monoisotopic (exact) mass is 536 g/mol. The summed E-state index contributed by atoms with van der Waals surface area (Å²) in [6.45, 7) is 0. The second kappa shape index (κ2) is 13.5. The minimum atomic E-state index is -0.466. The number of aryl methyl sites for hydroxylation is 1. The zero-order chi connectivity index (χ0) is 26.7. The van der Waals surface area contributed by atoms with Crippen LogP contribution in [0.1, 0.15) is 48.2 Å². The number of amidine groups is 1. The number of carbonyl (C=O) groups is 2. The van der Waals surface area contributed by atoms with Gasteiger partial charge in [-0.3, -0.25) is 9.59 Å².